The van der Waals surface area contributed by atoms with Gasteiger partial charge in [-0.25, -0.2) is 4.52 Å². The normalized spacial score (nSPS) is 15.4. The summed E-state index contributed by atoms with van der Waals surface area (Å²) < 4.78 is 3.03. The molecule has 1 saturated carbocycles. The van der Waals surface area contributed by atoms with Gasteiger partial charge in [0.1, 0.15) is 17.8 Å². The first-order valence-electron chi connectivity index (χ1n) is 9.10. The van der Waals surface area contributed by atoms with Gasteiger partial charge >= 0.3 is 0 Å². The van der Waals surface area contributed by atoms with E-state index < -0.39 is 0 Å². The molecule has 0 bridgehead atoms. The molecule has 4 rings (SSSR count). The van der Waals surface area contributed by atoms with E-state index in [-0.39, 0.29) is 18.0 Å². The van der Waals surface area contributed by atoms with Crippen molar-refractivity contribution < 1.29 is 4.79 Å². The van der Waals surface area contributed by atoms with Crippen molar-refractivity contribution in [2.45, 2.75) is 38.6 Å². The van der Waals surface area contributed by atoms with Crippen LogP contribution in [0.4, 0.5) is 0 Å². The van der Waals surface area contributed by atoms with Gasteiger partial charge in [0.15, 0.2) is 0 Å². The Balaban J connectivity index is 1.47. The van der Waals surface area contributed by atoms with Crippen LogP contribution in [0.25, 0.3) is 16.1 Å². The molecule has 136 valence electrons. The maximum Gasteiger partial charge on any atom is 0.277 e. The van der Waals surface area contributed by atoms with Gasteiger partial charge in [0.25, 0.3) is 5.56 Å². The van der Waals surface area contributed by atoms with Gasteiger partial charge in [0.2, 0.25) is 5.91 Å². The Kier molecular flexibility index (Phi) is 4.88. The molecule has 3 aromatic heterocycles. The summed E-state index contributed by atoms with van der Waals surface area (Å²) in [5.74, 6) is 0.468. The van der Waals surface area contributed by atoms with Gasteiger partial charge in [-0.3, -0.25) is 9.59 Å². The summed E-state index contributed by atoms with van der Waals surface area (Å²) in [5.41, 5.74) is 1.06. The van der Waals surface area contributed by atoms with Crippen molar-refractivity contribution >= 4 is 22.8 Å². The van der Waals surface area contributed by atoms with Crippen molar-refractivity contribution in [1.82, 2.24) is 19.5 Å². The fourth-order valence-corrected chi connectivity index (χ4v) is 4.24. The molecule has 0 aliphatic heterocycles. The average molecular weight is 370 g/mol. The minimum atomic E-state index is -0.198. The molecule has 1 amide bonds. The van der Waals surface area contributed by atoms with E-state index in [9.17, 15) is 9.59 Å². The summed E-state index contributed by atoms with van der Waals surface area (Å²) in [6.45, 7) is 0.757. The number of fused-ring (bicyclic) bond motifs is 1. The number of aromatic nitrogens is 3. The van der Waals surface area contributed by atoms with E-state index in [0.717, 1.165) is 10.6 Å². The monoisotopic (exact) mass is 370 g/mol. The zero-order valence-electron chi connectivity index (χ0n) is 14.6. The molecule has 0 atom stereocenters. The Bertz CT molecular complexity index is 952. The number of nitrogens with one attached hydrogen (secondary N) is 1. The highest BCUT2D eigenvalue weighted by Gasteiger charge is 2.15. The third-order valence-corrected chi connectivity index (χ3v) is 5.90. The SMILES string of the molecule is O=C(Cn1ccn2nc(-c3cccs3)cc2c1=O)NCC1CCCCC1. The average Bonchev–Trinajstić information content (AvgIpc) is 3.33. The first-order valence-corrected chi connectivity index (χ1v) is 9.98. The minimum absolute atomic E-state index is 0.0432. The number of hydrogen-bond donors (Lipinski definition) is 1. The van der Waals surface area contributed by atoms with Crippen LogP contribution in [0.3, 0.4) is 0 Å². The second-order valence-corrected chi connectivity index (χ2v) is 7.82. The van der Waals surface area contributed by atoms with Gasteiger partial charge in [0, 0.05) is 18.9 Å². The van der Waals surface area contributed by atoms with Crippen LogP contribution in [0.1, 0.15) is 32.1 Å². The predicted molar refractivity (Wildman–Crippen MR) is 102 cm³/mol. The number of rotatable bonds is 5. The smallest absolute Gasteiger partial charge is 0.277 e. The van der Waals surface area contributed by atoms with Gasteiger partial charge < -0.3 is 9.88 Å². The van der Waals surface area contributed by atoms with Crippen molar-refractivity contribution in [2.75, 3.05) is 6.54 Å². The molecule has 0 spiro atoms. The second-order valence-electron chi connectivity index (χ2n) is 6.88. The van der Waals surface area contributed by atoms with Gasteiger partial charge in [-0.1, -0.05) is 25.3 Å². The Morgan fingerprint density at radius 2 is 2.12 bits per heavy atom. The molecular weight excluding hydrogens is 348 g/mol. The summed E-state index contributed by atoms with van der Waals surface area (Å²) in [6, 6.07) is 5.72. The standard InChI is InChI=1S/C19H22N4O2S/c24-18(20-12-14-5-2-1-3-6-14)13-22-8-9-23-16(19(22)25)11-15(21-23)17-7-4-10-26-17/h4,7-11,14H,1-3,5-6,12-13H2,(H,20,24). The van der Waals surface area contributed by atoms with Gasteiger partial charge in [0.05, 0.1) is 4.88 Å². The molecule has 1 aliphatic rings. The third-order valence-electron chi connectivity index (χ3n) is 5.00. The number of nitrogens with zero attached hydrogens (tertiary/aromatic N) is 3. The molecule has 1 aliphatic carbocycles. The number of thiophene rings is 1. The lowest BCUT2D eigenvalue weighted by molar-refractivity contribution is -0.121. The molecule has 0 unspecified atom stereocenters. The number of carbonyl (C=O) groups excluding carboxylic acids is 1. The first-order chi connectivity index (χ1) is 12.7. The zero-order chi connectivity index (χ0) is 17.9. The molecule has 1 N–H and O–H groups in total. The topological polar surface area (TPSA) is 68.4 Å². The van der Waals surface area contributed by atoms with E-state index in [1.807, 2.05) is 17.5 Å². The highest BCUT2D eigenvalue weighted by Crippen LogP contribution is 2.24. The van der Waals surface area contributed by atoms with E-state index in [1.165, 1.54) is 36.7 Å². The Morgan fingerprint density at radius 3 is 2.88 bits per heavy atom. The maximum absolute atomic E-state index is 12.7. The summed E-state index contributed by atoms with van der Waals surface area (Å²) in [6.07, 6.45) is 9.54. The van der Waals surface area contributed by atoms with Crippen LogP contribution in [0.15, 0.2) is 40.8 Å². The summed E-state index contributed by atoms with van der Waals surface area (Å²) in [4.78, 5) is 25.9. The lowest BCUT2D eigenvalue weighted by Gasteiger charge is -2.21. The van der Waals surface area contributed by atoms with Gasteiger partial charge in [-0.2, -0.15) is 5.10 Å². The summed E-state index contributed by atoms with van der Waals surface area (Å²) in [5, 5.41) is 9.41. The van der Waals surface area contributed by atoms with E-state index >= 15 is 0 Å². The van der Waals surface area contributed by atoms with E-state index in [2.05, 4.69) is 10.4 Å². The van der Waals surface area contributed by atoms with Gasteiger partial charge in [-0.05, 0) is 36.3 Å². The molecule has 3 heterocycles. The summed E-state index contributed by atoms with van der Waals surface area (Å²) in [7, 11) is 0. The van der Waals surface area contributed by atoms with E-state index in [4.69, 9.17) is 0 Å². The zero-order valence-corrected chi connectivity index (χ0v) is 15.4. The number of amides is 1. The molecule has 26 heavy (non-hydrogen) atoms. The minimum Gasteiger partial charge on any atom is -0.354 e. The maximum atomic E-state index is 12.7. The van der Waals surface area contributed by atoms with Crippen molar-refractivity contribution in [3.8, 4) is 10.6 Å². The molecule has 7 heteroatoms. The van der Waals surface area contributed by atoms with Crippen LogP contribution >= 0.6 is 11.3 Å². The molecule has 1 fully saturated rings. The Hall–Kier alpha value is -2.41. The van der Waals surface area contributed by atoms with E-state index in [1.54, 1.807) is 34.3 Å². The van der Waals surface area contributed by atoms with Gasteiger partial charge in [-0.15, -0.1) is 11.3 Å². The predicted octanol–water partition coefficient (Wildman–Crippen LogP) is 2.92. The van der Waals surface area contributed by atoms with Crippen molar-refractivity contribution in [3.63, 3.8) is 0 Å². The largest absolute Gasteiger partial charge is 0.354 e. The van der Waals surface area contributed by atoms with Crippen molar-refractivity contribution in [2.24, 2.45) is 5.92 Å². The quantitative estimate of drug-likeness (QED) is 0.751. The lowest BCUT2D eigenvalue weighted by atomic mass is 9.89. The highest BCUT2D eigenvalue weighted by atomic mass is 32.1. The fraction of sp³-hybridized carbons (Fsp3) is 0.421. The van der Waals surface area contributed by atoms with Crippen LogP contribution in [-0.4, -0.2) is 26.6 Å². The lowest BCUT2D eigenvalue weighted by Crippen LogP contribution is -2.35. The third kappa shape index (κ3) is 3.58. The molecule has 0 aromatic carbocycles. The van der Waals surface area contributed by atoms with Crippen LogP contribution < -0.4 is 10.9 Å². The Labute approximate surface area is 155 Å². The van der Waals surface area contributed by atoms with Crippen molar-refractivity contribution in [3.05, 3.63) is 46.3 Å². The van der Waals surface area contributed by atoms with Crippen LogP contribution in [-0.2, 0) is 11.3 Å². The second kappa shape index (κ2) is 7.45. The Morgan fingerprint density at radius 1 is 1.27 bits per heavy atom. The van der Waals surface area contributed by atoms with Crippen LogP contribution in [0.2, 0.25) is 0 Å². The van der Waals surface area contributed by atoms with Crippen LogP contribution in [0.5, 0.6) is 0 Å². The fourth-order valence-electron chi connectivity index (χ4n) is 3.56. The molecule has 3 aromatic rings. The van der Waals surface area contributed by atoms with E-state index in [0.29, 0.717) is 18.0 Å². The molecule has 0 saturated heterocycles. The highest BCUT2D eigenvalue weighted by molar-refractivity contribution is 7.13. The molecule has 0 radical (unpaired) electrons. The van der Waals surface area contributed by atoms with Crippen molar-refractivity contribution in [1.29, 1.82) is 0 Å². The molecular formula is C19H22N4O2S. The number of hydrogen-bond acceptors (Lipinski definition) is 4. The van der Waals surface area contributed by atoms with Crippen LogP contribution in [0, 0.1) is 5.92 Å². The number of carbonyl (C=O) groups is 1. The summed E-state index contributed by atoms with van der Waals surface area (Å²) >= 11 is 1.58. The first kappa shape index (κ1) is 17.0. The molecule has 6 nitrogen and oxygen atoms in total.